The van der Waals surface area contributed by atoms with E-state index in [-0.39, 0.29) is 5.78 Å². The molecule has 2 aromatic rings. The number of rotatable bonds is 6. The number of benzene rings is 1. The molecular formula is C15H17NO2. The maximum absolute atomic E-state index is 11.1. The molecule has 18 heavy (non-hydrogen) atoms. The molecule has 1 aromatic carbocycles. The summed E-state index contributed by atoms with van der Waals surface area (Å²) in [4.78, 5) is 11.1. The third-order valence-corrected chi connectivity index (χ3v) is 2.73. The fourth-order valence-corrected chi connectivity index (χ4v) is 1.74. The van der Waals surface area contributed by atoms with Crippen molar-refractivity contribution in [3.05, 3.63) is 54.4 Å². The average molecular weight is 243 g/mol. The number of aromatic nitrogens is 1. The first-order valence-electron chi connectivity index (χ1n) is 6.10. The van der Waals surface area contributed by atoms with Crippen LogP contribution in [-0.2, 0) is 6.54 Å². The van der Waals surface area contributed by atoms with E-state index in [2.05, 4.69) is 0 Å². The number of Topliss-reactive ketones (excluding diaryl/α,β-unsaturated/α-hetero) is 1. The minimum absolute atomic E-state index is 0.106. The van der Waals surface area contributed by atoms with Crippen LogP contribution in [0.25, 0.3) is 0 Å². The Hall–Kier alpha value is -2.03. The minimum Gasteiger partial charge on any atom is -0.494 e. The zero-order chi connectivity index (χ0) is 12.8. The van der Waals surface area contributed by atoms with E-state index in [1.165, 1.54) is 0 Å². The predicted molar refractivity (Wildman–Crippen MR) is 71.0 cm³/mol. The number of carbonyl (C=O) groups is 1. The third kappa shape index (κ3) is 3.48. The highest BCUT2D eigenvalue weighted by molar-refractivity contribution is 5.93. The molecule has 0 bridgehead atoms. The Morgan fingerprint density at radius 1 is 1.22 bits per heavy atom. The summed E-state index contributed by atoms with van der Waals surface area (Å²) >= 11 is 0. The number of carbonyl (C=O) groups excluding carboxylic acids is 1. The molecule has 0 unspecified atom stereocenters. The standard InChI is InChI=1S/C15H17NO2/c1-13(17)14-8-10-16(12-14)9-5-11-18-15-6-3-2-4-7-15/h2-4,6-8,10,12H,5,9,11H2,1H3. The average Bonchev–Trinajstić information content (AvgIpc) is 2.85. The lowest BCUT2D eigenvalue weighted by atomic mass is 10.2. The summed E-state index contributed by atoms with van der Waals surface area (Å²) in [7, 11) is 0. The topological polar surface area (TPSA) is 31.2 Å². The van der Waals surface area contributed by atoms with E-state index in [0.29, 0.717) is 6.61 Å². The van der Waals surface area contributed by atoms with Gasteiger partial charge < -0.3 is 9.30 Å². The predicted octanol–water partition coefficient (Wildman–Crippen LogP) is 3.16. The van der Waals surface area contributed by atoms with Crippen LogP contribution < -0.4 is 4.74 Å². The van der Waals surface area contributed by atoms with Crippen LogP contribution in [0.3, 0.4) is 0 Å². The van der Waals surface area contributed by atoms with Gasteiger partial charge in [-0.05, 0) is 31.5 Å². The van der Waals surface area contributed by atoms with Crippen molar-refractivity contribution in [1.29, 1.82) is 0 Å². The Kier molecular flexibility index (Phi) is 4.18. The van der Waals surface area contributed by atoms with Gasteiger partial charge in [0.05, 0.1) is 6.61 Å². The van der Waals surface area contributed by atoms with Crippen LogP contribution in [0, 0.1) is 0 Å². The minimum atomic E-state index is 0.106. The molecular weight excluding hydrogens is 226 g/mol. The van der Waals surface area contributed by atoms with E-state index in [4.69, 9.17) is 4.74 Å². The van der Waals surface area contributed by atoms with Crippen LogP contribution in [-0.4, -0.2) is 17.0 Å². The number of hydrogen-bond donors (Lipinski definition) is 0. The first-order valence-corrected chi connectivity index (χ1v) is 6.10. The van der Waals surface area contributed by atoms with Crippen molar-refractivity contribution in [2.45, 2.75) is 19.9 Å². The summed E-state index contributed by atoms with van der Waals surface area (Å²) in [5.74, 6) is 1.00. The van der Waals surface area contributed by atoms with Gasteiger partial charge in [0.15, 0.2) is 5.78 Å². The summed E-state index contributed by atoms with van der Waals surface area (Å²) in [6.45, 7) is 3.12. The molecule has 3 heteroatoms. The lowest BCUT2D eigenvalue weighted by Crippen LogP contribution is -2.03. The molecule has 3 nitrogen and oxygen atoms in total. The normalized spacial score (nSPS) is 10.3. The van der Waals surface area contributed by atoms with Crippen LogP contribution in [0.4, 0.5) is 0 Å². The van der Waals surface area contributed by atoms with Gasteiger partial charge in [-0.15, -0.1) is 0 Å². The Bertz CT molecular complexity index is 502. The Morgan fingerprint density at radius 3 is 2.67 bits per heavy atom. The molecule has 94 valence electrons. The monoisotopic (exact) mass is 243 g/mol. The fourth-order valence-electron chi connectivity index (χ4n) is 1.74. The third-order valence-electron chi connectivity index (χ3n) is 2.73. The number of ether oxygens (including phenoxy) is 1. The molecule has 0 radical (unpaired) electrons. The molecule has 0 aliphatic heterocycles. The Labute approximate surface area is 107 Å². The second-order valence-corrected chi connectivity index (χ2v) is 4.21. The van der Waals surface area contributed by atoms with Crippen molar-refractivity contribution in [2.24, 2.45) is 0 Å². The van der Waals surface area contributed by atoms with Crippen LogP contribution >= 0.6 is 0 Å². The second-order valence-electron chi connectivity index (χ2n) is 4.21. The van der Waals surface area contributed by atoms with E-state index < -0.39 is 0 Å². The number of aryl methyl sites for hydroxylation is 1. The molecule has 0 N–H and O–H groups in total. The molecule has 1 heterocycles. The van der Waals surface area contributed by atoms with Gasteiger partial charge in [-0.1, -0.05) is 18.2 Å². The number of ketones is 1. The number of hydrogen-bond acceptors (Lipinski definition) is 2. The highest BCUT2D eigenvalue weighted by Gasteiger charge is 2.01. The van der Waals surface area contributed by atoms with Gasteiger partial charge in [0.25, 0.3) is 0 Å². The molecule has 2 rings (SSSR count). The van der Waals surface area contributed by atoms with Gasteiger partial charge in [0, 0.05) is 24.5 Å². The smallest absolute Gasteiger partial charge is 0.161 e. The van der Waals surface area contributed by atoms with E-state index in [9.17, 15) is 4.79 Å². The molecule has 0 atom stereocenters. The maximum Gasteiger partial charge on any atom is 0.161 e. The van der Waals surface area contributed by atoms with Crippen molar-refractivity contribution in [3.63, 3.8) is 0 Å². The summed E-state index contributed by atoms with van der Waals surface area (Å²) in [6, 6.07) is 11.6. The van der Waals surface area contributed by atoms with Crippen molar-refractivity contribution >= 4 is 5.78 Å². The van der Waals surface area contributed by atoms with Crippen LogP contribution in [0.2, 0.25) is 0 Å². The summed E-state index contributed by atoms with van der Waals surface area (Å²) in [5.41, 5.74) is 0.763. The lowest BCUT2D eigenvalue weighted by Gasteiger charge is -2.06. The van der Waals surface area contributed by atoms with E-state index in [0.717, 1.165) is 24.3 Å². The zero-order valence-corrected chi connectivity index (χ0v) is 10.5. The van der Waals surface area contributed by atoms with Gasteiger partial charge in [0.1, 0.15) is 5.75 Å². The highest BCUT2D eigenvalue weighted by atomic mass is 16.5. The van der Waals surface area contributed by atoms with Crippen molar-refractivity contribution in [1.82, 2.24) is 4.57 Å². The molecule has 0 saturated heterocycles. The van der Waals surface area contributed by atoms with Gasteiger partial charge in [-0.2, -0.15) is 0 Å². The summed E-state index contributed by atoms with van der Waals surface area (Å²) < 4.78 is 7.62. The van der Waals surface area contributed by atoms with Gasteiger partial charge >= 0.3 is 0 Å². The number of para-hydroxylation sites is 1. The first kappa shape index (κ1) is 12.4. The van der Waals surface area contributed by atoms with Crippen molar-refractivity contribution in [2.75, 3.05) is 6.61 Å². The lowest BCUT2D eigenvalue weighted by molar-refractivity contribution is 0.101. The van der Waals surface area contributed by atoms with Crippen molar-refractivity contribution in [3.8, 4) is 5.75 Å². The Morgan fingerprint density at radius 2 is 2.00 bits per heavy atom. The molecule has 0 saturated carbocycles. The van der Waals surface area contributed by atoms with Gasteiger partial charge in [-0.25, -0.2) is 0 Å². The first-order chi connectivity index (χ1) is 8.75. The molecule has 0 fully saturated rings. The van der Waals surface area contributed by atoms with Crippen LogP contribution in [0.5, 0.6) is 5.75 Å². The van der Waals surface area contributed by atoms with E-state index in [1.54, 1.807) is 6.92 Å². The van der Waals surface area contributed by atoms with Crippen molar-refractivity contribution < 1.29 is 9.53 Å². The second kappa shape index (κ2) is 6.05. The van der Waals surface area contributed by atoms with Crippen LogP contribution in [0.15, 0.2) is 48.8 Å². The SMILES string of the molecule is CC(=O)c1ccn(CCCOc2ccccc2)c1. The maximum atomic E-state index is 11.1. The Balaban J connectivity index is 1.73. The van der Waals surface area contributed by atoms with E-state index >= 15 is 0 Å². The molecule has 0 spiro atoms. The zero-order valence-electron chi connectivity index (χ0n) is 10.5. The van der Waals surface area contributed by atoms with E-state index in [1.807, 2.05) is 53.4 Å². The number of nitrogens with zero attached hydrogens (tertiary/aromatic N) is 1. The van der Waals surface area contributed by atoms with Gasteiger partial charge in [0.2, 0.25) is 0 Å². The van der Waals surface area contributed by atoms with Crippen LogP contribution in [0.1, 0.15) is 23.7 Å². The highest BCUT2D eigenvalue weighted by Crippen LogP contribution is 2.09. The summed E-state index contributed by atoms with van der Waals surface area (Å²) in [5, 5.41) is 0. The molecule has 1 aromatic heterocycles. The molecule has 0 aliphatic rings. The largest absolute Gasteiger partial charge is 0.494 e. The summed E-state index contributed by atoms with van der Waals surface area (Å²) in [6.07, 6.45) is 4.73. The quantitative estimate of drug-likeness (QED) is 0.576. The van der Waals surface area contributed by atoms with Gasteiger partial charge in [-0.3, -0.25) is 4.79 Å². The fraction of sp³-hybridized carbons (Fsp3) is 0.267. The molecule has 0 aliphatic carbocycles. The molecule has 0 amide bonds.